The zero-order valence-corrected chi connectivity index (χ0v) is 18.0. The minimum absolute atomic E-state index is 0.0875. The van der Waals surface area contributed by atoms with Crippen molar-refractivity contribution < 1.29 is 24.6 Å². The number of carbonyl (C=O) groups is 3. The van der Waals surface area contributed by atoms with Crippen molar-refractivity contribution in [2.75, 3.05) is 0 Å². The minimum Gasteiger partial charge on any atom is -0.508 e. The second kappa shape index (κ2) is 9.33. The summed E-state index contributed by atoms with van der Waals surface area (Å²) >= 11 is 0. The number of para-hydroxylation sites is 1. The van der Waals surface area contributed by atoms with Gasteiger partial charge >= 0.3 is 0 Å². The van der Waals surface area contributed by atoms with Crippen LogP contribution in [0.4, 0.5) is 0 Å². The van der Waals surface area contributed by atoms with Gasteiger partial charge in [-0.3, -0.25) is 14.4 Å². The number of aliphatic hydroxyl groups excluding tert-OH is 1. The van der Waals surface area contributed by atoms with Gasteiger partial charge in [0.15, 0.2) is 0 Å². The van der Waals surface area contributed by atoms with Crippen LogP contribution in [0.25, 0.3) is 10.9 Å². The SMILES string of the molecule is CC(O)C1NC(=O)[C@H](Cc2c[nH]c3ccccc23)NC(=O)C(Cc2ccc(O)cc2)NC1=O. The van der Waals surface area contributed by atoms with Crippen molar-refractivity contribution in [3.63, 3.8) is 0 Å². The fourth-order valence-corrected chi connectivity index (χ4v) is 4.00. The lowest BCUT2D eigenvalue weighted by atomic mass is 10.0. The van der Waals surface area contributed by atoms with Gasteiger partial charge in [0, 0.05) is 29.9 Å². The molecule has 0 bridgehead atoms. The molecule has 9 heteroatoms. The van der Waals surface area contributed by atoms with Gasteiger partial charge in [-0.25, -0.2) is 0 Å². The highest BCUT2D eigenvalue weighted by atomic mass is 16.3. The zero-order valence-electron chi connectivity index (χ0n) is 18.0. The number of aromatic nitrogens is 1. The Kier molecular flexibility index (Phi) is 6.32. The molecule has 0 spiro atoms. The number of aromatic amines is 1. The molecule has 1 aromatic heterocycles. The Morgan fingerprint density at radius 3 is 2.21 bits per heavy atom. The number of fused-ring (bicyclic) bond motifs is 1. The second-order valence-corrected chi connectivity index (χ2v) is 8.28. The van der Waals surface area contributed by atoms with Gasteiger partial charge in [0.25, 0.3) is 0 Å². The molecule has 2 heterocycles. The summed E-state index contributed by atoms with van der Waals surface area (Å²) in [5.41, 5.74) is 2.47. The van der Waals surface area contributed by atoms with Crippen molar-refractivity contribution in [1.29, 1.82) is 0 Å². The first-order valence-electron chi connectivity index (χ1n) is 10.7. The van der Waals surface area contributed by atoms with E-state index in [4.69, 9.17) is 0 Å². The number of H-pyrrole nitrogens is 1. The summed E-state index contributed by atoms with van der Waals surface area (Å²) in [6, 6.07) is 10.8. The van der Waals surface area contributed by atoms with E-state index < -0.39 is 42.0 Å². The van der Waals surface area contributed by atoms with Crippen molar-refractivity contribution in [1.82, 2.24) is 20.9 Å². The van der Waals surface area contributed by atoms with Crippen LogP contribution in [0.5, 0.6) is 5.75 Å². The Bertz CT molecular complexity index is 1170. The predicted octanol–water partition coefficient (Wildman–Crippen LogP) is 0.507. The van der Waals surface area contributed by atoms with Gasteiger partial charge in [-0.05, 0) is 36.2 Å². The summed E-state index contributed by atoms with van der Waals surface area (Å²) < 4.78 is 0. The van der Waals surface area contributed by atoms with E-state index in [1.54, 1.807) is 18.3 Å². The normalized spacial score (nSPS) is 22.5. The van der Waals surface area contributed by atoms with Crippen LogP contribution in [-0.4, -0.2) is 57.1 Å². The highest BCUT2D eigenvalue weighted by Crippen LogP contribution is 2.20. The smallest absolute Gasteiger partial charge is 0.245 e. The van der Waals surface area contributed by atoms with E-state index in [9.17, 15) is 24.6 Å². The quantitative estimate of drug-likeness (QED) is 0.336. The average molecular weight is 450 g/mol. The molecular weight excluding hydrogens is 424 g/mol. The Morgan fingerprint density at radius 1 is 0.848 bits per heavy atom. The van der Waals surface area contributed by atoms with E-state index in [-0.39, 0.29) is 18.6 Å². The van der Waals surface area contributed by atoms with E-state index in [0.29, 0.717) is 5.56 Å². The standard InChI is InChI=1S/C24H26N4O5/c1-13(29)21-24(33)27-19(10-14-6-8-16(30)9-7-14)22(31)26-20(23(32)28-21)11-15-12-25-18-5-3-2-4-17(15)18/h2-9,12-13,19-21,25,29-30H,10-11H2,1H3,(H,26,31)(H,27,33)(H,28,32)/t13?,19?,20-,21?/m0/s1. The largest absolute Gasteiger partial charge is 0.508 e. The molecule has 1 aliphatic heterocycles. The fourth-order valence-electron chi connectivity index (χ4n) is 4.00. The van der Waals surface area contributed by atoms with Crippen LogP contribution in [0.15, 0.2) is 54.7 Å². The van der Waals surface area contributed by atoms with E-state index in [1.807, 2.05) is 24.3 Å². The van der Waals surface area contributed by atoms with Crippen LogP contribution in [0, 0.1) is 0 Å². The van der Waals surface area contributed by atoms with Gasteiger partial charge < -0.3 is 31.1 Å². The van der Waals surface area contributed by atoms with Gasteiger partial charge in [0.05, 0.1) is 6.10 Å². The molecule has 9 nitrogen and oxygen atoms in total. The lowest BCUT2D eigenvalue weighted by Crippen LogP contribution is -2.55. The number of hydrogen-bond acceptors (Lipinski definition) is 5. The third kappa shape index (κ3) is 4.98. The molecule has 0 aliphatic carbocycles. The van der Waals surface area contributed by atoms with Crippen molar-refractivity contribution >= 4 is 28.6 Å². The van der Waals surface area contributed by atoms with Crippen LogP contribution >= 0.6 is 0 Å². The van der Waals surface area contributed by atoms with Crippen LogP contribution in [0.2, 0.25) is 0 Å². The number of aromatic hydroxyl groups is 1. The van der Waals surface area contributed by atoms with Crippen LogP contribution in [0.1, 0.15) is 18.1 Å². The lowest BCUT2D eigenvalue weighted by Gasteiger charge is -2.22. The Labute approximate surface area is 190 Å². The summed E-state index contributed by atoms with van der Waals surface area (Å²) in [7, 11) is 0. The molecule has 4 atom stereocenters. The number of hydrogen-bond donors (Lipinski definition) is 6. The van der Waals surface area contributed by atoms with Gasteiger partial charge in [-0.15, -0.1) is 0 Å². The highest BCUT2D eigenvalue weighted by molar-refractivity contribution is 5.98. The Balaban J connectivity index is 1.63. The second-order valence-electron chi connectivity index (χ2n) is 8.28. The molecular formula is C24H26N4O5. The number of rotatable bonds is 5. The molecule has 3 amide bonds. The van der Waals surface area contributed by atoms with E-state index in [0.717, 1.165) is 16.5 Å². The van der Waals surface area contributed by atoms with Crippen LogP contribution in [0.3, 0.4) is 0 Å². The molecule has 6 N–H and O–H groups in total. The first-order valence-corrected chi connectivity index (χ1v) is 10.7. The van der Waals surface area contributed by atoms with Crippen molar-refractivity contribution in [3.05, 3.63) is 65.9 Å². The molecule has 3 unspecified atom stereocenters. The first-order chi connectivity index (χ1) is 15.8. The summed E-state index contributed by atoms with van der Waals surface area (Å²) in [4.78, 5) is 42.1. The number of amides is 3. The topological polar surface area (TPSA) is 144 Å². The third-order valence-electron chi connectivity index (χ3n) is 5.80. The third-order valence-corrected chi connectivity index (χ3v) is 5.80. The summed E-state index contributed by atoms with van der Waals surface area (Å²) in [5.74, 6) is -1.63. The number of nitrogens with one attached hydrogen (secondary N) is 4. The van der Waals surface area contributed by atoms with Crippen LogP contribution in [-0.2, 0) is 27.2 Å². The zero-order chi connectivity index (χ0) is 23.5. The number of benzene rings is 2. The Morgan fingerprint density at radius 2 is 1.48 bits per heavy atom. The molecule has 1 saturated heterocycles. The molecule has 1 aliphatic rings. The first kappa shape index (κ1) is 22.3. The monoisotopic (exact) mass is 450 g/mol. The maximum absolute atomic E-state index is 13.1. The molecule has 0 saturated carbocycles. The maximum Gasteiger partial charge on any atom is 0.245 e. The average Bonchev–Trinajstić information content (AvgIpc) is 3.20. The minimum atomic E-state index is -1.21. The van der Waals surface area contributed by atoms with Crippen molar-refractivity contribution in [2.24, 2.45) is 0 Å². The van der Waals surface area contributed by atoms with Crippen LogP contribution < -0.4 is 16.0 Å². The molecule has 33 heavy (non-hydrogen) atoms. The predicted molar refractivity (Wildman–Crippen MR) is 121 cm³/mol. The van der Waals surface area contributed by atoms with Gasteiger partial charge in [0.1, 0.15) is 23.9 Å². The Hall–Kier alpha value is -3.85. The number of aliphatic hydroxyl groups is 1. The van der Waals surface area contributed by atoms with Crippen molar-refractivity contribution in [3.8, 4) is 5.75 Å². The molecule has 4 rings (SSSR count). The fraction of sp³-hybridized carbons (Fsp3) is 0.292. The lowest BCUT2D eigenvalue weighted by molar-refractivity contribution is -0.132. The maximum atomic E-state index is 13.1. The number of phenols is 1. The summed E-state index contributed by atoms with van der Waals surface area (Å²) in [6.07, 6.45) is 0.984. The molecule has 172 valence electrons. The van der Waals surface area contributed by atoms with Crippen molar-refractivity contribution in [2.45, 2.75) is 44.0 Å². The van der Waals surface area contributed by atoms with E-state index >= 15 is 0 Å². The molecule has 3 aromatic rings. The summed E-state index contributed by atoms with van der Waals surface area (Å²) in [5, 5.41) is 28.5. The molecule has 2 aromatic carbocycles. The van der Waals surface area contributed by atoms with Gasteiger partial charge in [-0.1, -0.05) is 30.3 Å². The number of carbonyl (C=O) groups excluding carboxylic acids is 3. The van der Waals surface area contributed by atoms with Gasteiger partial charge in [-0.2, -0.15) is 0 Å². The molecule has 1 fully saturated rings. The van der Waals surface area contributed by atoms with E-state index in [2.05, 4.69) is 20.9 Å². The molecule has 0 radical (unpaired) electrons. The highest BCUT2D eigenvalue weighted by Gasteiger charge is 2.36. The summed E-state index contributed by atoms with van der Waals surface area (Å²) in [6.45, 7) is 1.40. The van der Waals surface area contributed by atoms with E-state index in [1.165, 1.54) is 19.1 Å². The number of phenolic OH excluding ortho intramolecular Hbond substituents is 1. The van der Waals surface area contributed by atoms with Gasteiger partial charge in [0.2, 0.25) is 17.7 Å².